The number of hydrogen-bond acceptors (Lipinski definition) is 7. The average Bonchev–Trinajstić information content (AvgIpc) is 3.54. The topological polar surface area (TPSA) is 121 Å². The van der Waals surface area contributed by atoms with Crippen LogP contribution in [0.5, 0.6) is 5.75 Å². The van der Waals surface area contributed by atoms with Crippen molar-refractivity contribution in [1.29, 1.82) is 0 Å². The molecule has 0 fully saturated rings. The fourth-order valence-corrected chi connectivity index (χ4v) is 3.96. The van der Waals surface area contributed by atoms with E-state index >= 15 is 0 Å². The molecule has 1 amide bonds. The molecule has 0 spiro atoms. The summed E-state index contributed by atoms with van der Waals surface area (Å²) in [4.78, 5) is 27.8. The smallest absolute Gasteiger partial charge is 0.280 e. The molecule has 0 atom stereocenters. The van der Waals surface area contributed by atoms with Crippen LogP contribution < -0.4 is 10.1 Å². The Balaban J connectivity index is 1.29. The maximum Gasteiger partial charge on any atom is 0.280 e. The summed E-state index contributed by atoms with van der Waals surface area (Å²) in [5.74, 6) is 1.24. The van der Waals surface area contributed by atoms with Crippen molar-refractivity contribution >= 4 is 46.1 Å². The first kappa shape index (κ1) is 23.8. The number of rotatable bonds is 7. The number of carbonyl (C=O) groups is 1. The molecule has 5 rings (SSSR count). The number of carbonyl (C=O) groups excluding carboxylic acids is 1. The summed E-state index contributed by atoms with van der Waals surface area (Å²) < 4.78 is 16.7. The number of fused-ring (bicyclic) bond motifs is 1. The van der Waals surface area contributed by atoms with E-state index in [4.69, 9.17) is 25.2 Å². The first-order valence-corrected chi connectivity index (χ1v) is 11.4. The molecule has 0 aliphatic heterocycles. The van der Waals surface area contributed by atoms with Crippen molar-refractivity contribution in [1.82, 2.24) is 4.98 Å². The number of halogens is 1. The van der Waals surface area contributed by atoms with Crippen molar-refractivity contribution in [3.63, 3.8) is 0 Å². The van der Waals surface area contributed by atoms with E-state index in [1.807, 2.05) is 0 Å². The van der Waals surface area contributed by atoms with Crippen molar-refractivity contribution in [2.24, 2.45) is 0 Å². The number of aromatic nitrogens is 1. The molecular weight excluding hydrogens is 498 g/mol. The summed E-state index contributed by atoms with van der Waals surface area (Å²) in [6, 6.07) is 19.9. The molecular formula is C27H18ClN3O6. The predicted octanol–water partition coefficient (Wildman–Crippen LogP) is 6.98. The third-order valence-corrected chi connectivity index (χ3v) is 5.74. The number of nitrogens with one attached hydrogen (secondary N) is 1. The minimum atomic E-state index is -0.471. The average molecular weight is 516 g/mol. The third kappa shape index (κ3) is 5.07. The largest absolute Gasteiger partial charge is 0.495 e. The molecule has 1 N–H and O–H groups in total. The Labute approximate surface area is 215 Å². The van der Waals surface area contributed by atoms with Crippen LogP contribution in [-0.4, -0.2) is 22.9 Å². The molecule has 0 bridgehead atoms. The van der Waals surface area contributed by atoms with Gasteiger partial charge in [-0.1, -0.05) is 23.7 Å². The Hall–Kier alpha value is -4.89. The second-order valence-electron chi connectivity index (χ2n) is 7.85. The monoisotopic (exact) mass is 515 g/mol. The molecule has 2 aromatic heterocycles. The van der Waals surface area contributed by atoms with Gasteiger partial charge in [-0.2, -0.15) is 0 Å². The molecule has 0 aliphatic rings. The van der Waals surface area contributed by atoms with Crippen LogP contribution in [0.2, 0.25) is 5.02 Å². The van der Waals surface area contributed by atoms with Crippen LogP contribution in [0.4, 0.5) is 11.4 Å². The van der Waals surface area contributed by atoms with Gasteiger partial charge in [0.1, 0.15) is 22.8 Å². The van der Waals surface area contributed by atoms with Gasteiger partial charge >= 0.3 is 0 Å². The Bertz CT molecular complexity index is 1670. The van der Waals surface area contributed by atoms with E-state index in [0.29, 0.717) is 56.1 Å². The summed E-state index contributed by atoms with van der Waals surface area (Å²) in [7, 11) is 1.54. The van der Waals surface area contributed by atoms with E-state index in [1.165, 1.54) is 25.3 Å². The maximum atomic E-state index is 12.5. The molecule has 0 saturated carbocycles. The Morgan fingerprint density at radius 2 is 1.92 bits per heavy atom. The summed E-state index contributed by atoms with van der Waals surface area (Å²) in [5.41, 5.74) is 2.61. The lowest BCUT2D eigenvalue weighted by molar-refractivity contribution is -0.384. The summed E-state index contributed by atoms with van der Waals surface area (Å²) in [5, 5.41) is 14.5. The number of para-hydroxylation sites is 1. The first-order chi connectivity index (χ1) is 17.9. The Morgan fingerprint density at radius 3 is 2.70 bits per heavy atom. The molecule has 0 saturated heterocycles. The Kier molecular flexibility index (Phi) is 6.44. The highest BCUT2D eigenvalue weighted by atomic mass is 35.5. The van der Waals surface area contributed by atoms with Crippen LogP contribution in [0.1, 0.15) is 5.76 Å². The normalized spacial score (nSPS) is 11.2. The van der Waals surface area contributed by atoms with Gasteiger partial charge in [-0.3, -0.25) is 14.9 Å². The Morgan fingerprint density at radius 1 is 1.08 bits per heavy atom. The van der Waals surface area contributed by atoms with E-state index in [0.717, 1.165) is 0 Å². The number of anilines is 1. The van der Waals surface area contributed by atoms with Gasteiger partial charge < -0.3 is 18.9 Å². The second kappa shape index (κ2) is 10.00. The van der Waals surface area contributed by atoms with Gasteiger partial charge in [0.2, 0.25) is 11.8 Å². The molecule has 9 nitrogen and oxygen atoms in total. The number of methoxy groups -OCH3 is 1. The van der Waals surface area contributed by atoms with Gasteiger partial charge in [-0.25, -0.2) is 4.98 Å². The number of hydrogen-bond donors (Lipinski definition) is 1. The molecule has 0 radical (unpaired) electrons. The van der Waals surface area contributed by atoms with Gasteiger partial charge in [0, 0.05) is 23.4 Å². The van der Waals surface area contributed by atoms with Gasteiger partial charge in [0.25, 0.3) is 5.69 Å². The lowest BCUT2D eigenvalue weighted by Crippen LogP contribution is -2.07. The maximum absolute atomic E-state index is 12.5. The van der Waals surface area contributed by atoms with Crippen molar-refractivity contribution < 1.29 is 23.3 Å². The van der Waals surface area contributed by atoms with E-state index in [1.54, 1.807) is 66.7 Å². The third-order valence-electron chi connectivity index (χ3n) is 5.45. The van der Waals surface area contributed by atoms with Crippen molar-refractivity contribution in [2.75, 3.05) is 12.4 Å². The summed E-state index contributed by atoms with van der Waals surface area (Å²) in [6.45, 7) is 0. The van der Waals surface area contributed by atoms with Crippen molar-refractivity contribution in [3.8, 4) is 28.5 Å². The fraction of sp³-hybridized carbons (Fsp3) is 0.0370. The van der Waals surface area contributed by atoms with Crippen LogP contribution >= 0.6 is 11.6 Å². The quantitative estimate of drug-likeness (QED) is 0.141. The van der Waals surface area contributed by atoms with E-state index in [9.17, 15) is 14.9 Å². The van der Waals surface area contributed by atoms with Crippen LogP contribution in [0.3, 0.4) is 0 Å². The first-order valence-electron chi connectivity index (χ1n) is 11.0. The van der Waals surface area contributed by atoms with Crippen LogP contribution in [0, 0.1) is 10.1 Å². The number of furan rings is 1. The number of amides is 1. The van der Waals surface area contributed by atoms with Crippen LogP contribution in [0.25, 0.3) is 40.0 Å². The lowest BCUT2D eigenvalue weighted by atomic mass is 10.1. The van der Waals surface area contributed by atoms with Crippen molar-refractivity contribution in [2.45, 2.75) is 0 Å². The van der Waals surface area contributed by atoms with E-state index in [2.05, 4.69) is 10.3 Å². The van der Waals surface area contributed by atoms with Crippen LogP contribution in [0.15, 0.2) is 87.7 Å². The standard InChI is InChI=1S/C27H18ClN3O6/c1-35-24-10-6-16(14-20(24)28)27-30-21-15-17(7-11-25(21)37-27)29-26(32)13-9-18-8-12-23(36-18)19-4-2-3-5-22(19)31(33)34/h2-15H,1H3,(H,29,32)/b13-9+. The molecule has 0 unspecified atom stereocenters. The SMILES string of the molecule is COc1ccc(-c2nc3cc(NC(=O)/C=C/c4ccc(-c5ccccc5[N+](=O)[O-])o4)ccc3o2)cc1Cl. The van der Waals surface area contributed by atoms with Gasteiger partial charge in [-0.15, -0.1) is 0 Å². The van der Waals surface area contributed by atoms with E-state index in [-0.39, 0.29) is 5.69 Å². The van der Waals surface area contributed by atoms with Crippen LogP contribution in [-0.2, 0) is 4.79 Å². The molecule has 2 heterocycles. The summed E-state index contributed by atoms with van der Waals surface area (Å²) in [6.07, 6.45) is 2.79. The highest BCUT2D eigenvalue weighted by Gasteiger charge is 2.17. The van der Waals surface area contributed by atoms with Gasteiger partial charge in [-0.05, 0) is 60.7 Å². The highest BCUT2D eigenvalue weighted by molar-refractivity contribution is 6.32. The van der Waals surface area contributed by atoms with Gasteiger partial charge in [0.15, 0.2) is 5.58 Å². The fourth-order valence-electron chi connectivity index (χ4n) is 3.70. The lowest BCUT2D eigenvalue weighted by Gasteiger charge is -2.03. The zero-order valence-corrected chi connectivity index (χ0v) is 20.1. The predicted molar refractivity (Wildman–Crippen MR) is 139 cm³/mol. The molecule has 10 heteroatoms. The molecule has 37 heavy (non-hydrogen) atoms. The zero-order chi connectivity index (χ0) is 25.9. The van der Waals surface area contributed by atoms with Crippen molar-refractivity contribution in [3.05, 3.63) is 99.8 Å². The number of nitro benzene ring substituents is 1. The minimum Gasteiger partial charge on any atom is -0.495 e. The van der Waals surface area contributed by atoms with Gasteiger partial charge in [0.05, 0.1) is 22.6 Å². The molecule has 3 aromatic carbocycles. The number of ether oxygens (including phenoxy) is 1. The zero-order valence-electron chi connectivity index (χ0n) is 19.3. The molecule has 5 aromatic rings. The second-order valence-corrected chi connectivity index (χ2v) is 8.26. The highest BCUT2D eigenvalue weighted by Crippen LogP contribution is 2.33. The molecule has 0 aliphatic carbocycles. The number of oxazole rings is 1. The number of nitrogens with zero attached hydrogens (tertiary/aromatic N) is 2. The summed E-state index contributed by atoms with van der Waals surface area (Å²) >= 11 is 6.20. The molecule has 184 valence electrons. The minimum absolute atomic E-state index is 0.0633. The van der Waals surface area contributed by atoms with E-state index < -0.39 is 10.8 Å². The number of nitro groups is 1. The number of benzene rings is 3.